The zero-order valence-corrected chi connectivity index (χ0v) is 11.8. The standard InChI is InChI=1S/C15H21FN2O/c1-15(2,3)14(19)18-8-6-11(7-9-18)13-5-4-12(16)10-17-13/h4-5,10-11H,6-9H2,1-3H3. The van der Waals surface area contributed by atoms with Crippen LogP contribution >= 0.6 is 0 Å². The number of halogens is 1. The fourth-order valence-corrected chi connectivity index (χ4v) is 2.48. The van der Waals surface area contributed by atoms with Crippen LogP contribution in [0.1, 0.15) is 45.2 Å². The molecule has 1 fully saturated rings. The van der Waals surface area contributed by atoms with E-state index in [1.807, 2.05) is 25.7 Å². The van der Waals surface area contributed by atoms with Gasteiger partial charge in [-0.1, -0.05) is 20.8 Å². The monoisotopic (exact) mass is 264 g/mol. The van der Waals surface area contributed by atoms with E-state index in [-0.39, 0.29) is 17.1 Å². The van der Waals surface area contributed by atoms with Gasteiger partial charge in [-0.25, -0.2) is 4.39 Å². The van der Waals surface area contributed by atoms with Crippen molar-refractivity contribution in [1.29, 1.82) is 0 Å². The summed E-state index contributed by atoms with van der Waals surface area (Å²) in [7, 11) is 0. The van der Waals surface area contributed by atoms with Crippen molar-refractivity contribution in [2.75, 3.05) is 13.1 Å². The van der Waals surface area contributed by atoms with E-state index < -0.39 is 0 Å². The Labute approximate surface area is 113 Å². The average molecular weight is 264 g/mol. The number of hydrogen-bond donors (Lipinski definition) is 0. The molecule has 3 nitrogen and oxygen atoms in total. The van der Waals surface area contributed by atoms with Crippen LogP contribution in [0.2, 0.25) is 0 Å². The van der Waals surface area contributed by atoms with Crippen LogP contribution in [0.25, 0.3) is 0 Å². The molecule has 0 saturated carbocycles. The third kappa shape index (κ3) is 3.31. The predicted molar refractivity (Wildman–Crippen MR) is 72.2 cm³/mol. The van der Waals surface area contributed by atoms with Gasteiger partial charge in [0.2, 0.25) is 5.91 Å². The highest BCUT2D eigenvalue weighted by Crippen LogP contribution is 2.29. The maximum absolute atomic E-state index is 12.8. The second kappa shape index (κ2) is 5.27. The van der Waals surface area contributed by atoms with E-state index in [2.05, 4.69) is 4.98 Å². The minimum absolute atomic E-state index is 0.206. The van der Waals surface area contributed by atoms with Gasteiger partial charge in [-0.15, -0.1) is 0 Å². The highest BCUT2D eigenvalue weighted by atomic mass is 19.1. The van der Waals surface area contributed by atoms with Gasteiger partial charge in [0.05, 0.1) is 6.20 Å². The number of likely N-dealkylation sites (tertiary alicyclic amines) is 1. The van der Waals surface area contributed by atoms with Crippen molar-refractivity contribution in [3.05, 3.63) is 29.8 Å². The smallest absolute Gasteiger partial charge is 0.227 e. The zero-order valence-electron chi connectivity index (χ0n) is 11.8. The first kappa shape index (κ1) is 14.0. The Morgan fingerprint density at radius 1 is 1.32 bits per heavy atom. The third-order valence-corrected chi connectivity index (χ3v) is 3.59. The van der Waals surface area contributed by atoms with Crippen molar-refractivity contribution in [3.63, 3.8) is 0 Å². The Morgan fingerprint density at radius 2 is 1.95 bits per heavy atom. The van der Waals surface area contributed by atoms with Gasteiger partial charge in [0.25, 0.3) is 0 Å². The molecule has 2 heterocycles. The SMILES string of the molecule is CC(C)(C)C(=O)N1CCC(c2ccc(F)cn2)CC1. The zero-order chi connectivity index (χ0) is 14.0. The van der Waals surface area contributed by atoms with Crippen molar-refractivity contribution >= 4 is 5.91 Å². The van der Waals surface area contributed by atoms with Gasteiger partial charge in [0.15, 0.2) is 0 Å². The average Bonchev–Trinajstić information content (AvgIpc) is 2.38. The number of pyridine rings is 1. The number of amides is 1. The van der Waals surface area contributed by atoms with E-state index in [0.717, 1.165) is 31.6 Å². The molecule has 1 aliphatic heterocycles. The van der Waals surface area contributed by atoms with Crippen LogP contribution in [0, 0.1) is 11.2 Å². The number of rotatable bonds is 1. The minimum atomic E-state index is -0.318. The summed E-state index contributed by atoms with van der Waals surface area (Å²) in [6.07, 6.45) is 3.07. The molecule has 0 radical (unpaired) electrons. The van der Waals surface area contributed by atoms with Gasteiger partial charge in [-0.2, -0.15) is 0 Å². The van der Waals surface area contributed by atoms with E-state index in [4.69, 9.17) is 0 Å². The molecule has 1 aromatic heterocycles. The number of piperidine rings is 1. The molecule has 0 aliphatic carbocycles. The molecule has 1 amide bonds. The van der Waals surface area contributed by atoms with Crippen molar-refractivity contribution in [1.82, 2.24) is 9.88 Å². The molecule has 4 heteroatoms. The summed E-state index contributed by atoms with van der Waals surface area (Å²) >= 11 is 0. The largest absolute Gasteiger partial charge is 0.342 e. The number of carbonyl (C=O) groups excluding carboxylic acids is 1. The first-order valence-corrected chi connectivity index (χ1v) is 6.79. The lowest BCUT2D eigenvalue weighted by molar-refractivity contribution is -0.140. The molecular weight excluding hydrogens is 243 g/mol. The number of hydrogen-bond acceptors (Lipinski definition) is 2. The maximum atomic E-state index is 12.8. The normalized spacial score (nSPS) is 17.6. The predicted octanol–water partition coefficient (Wildman–Crippen LogP) is 2.97. The van der Waals surface area contributed by atoms with Crippen LogP contribution in [0.3, 0.4) is 0 Å². The highest BCUT2D eigenvalue weighted by Gasteiger charge is 2.30. The van der Waals surface area contributed by atoms with Gasteiger partial charge in [0.1, 0.15) is 5.82 Å². The van der Waals surface area contributed by atoms with E-state index in [1.165, 1.54) is 12.3 Å². The fraction of sp³-hybridized carbons (Fsp3) is 0.600. The molecule has 0 aromatic carbocycles. The number of aromatic nitrogens is 1. The quantitative estimate of drug-likeness (QED) is 0.781. The first-order chi connectivity index (χ1) is 8.88. The molecule has 0 atom stereocenters. The van der Waals surface area contributed by atoms with E-state index >= 15 is 0 Å². The van der Waals surface area contributed by atoms with Crippen LogP contribution in [0.5, 0.6) is 0 Å². The topological polar surface area (TPSA) is 33.2 Å². The van der Waals surface area contributed by atoms with Crippen LogP contribution in [-0.4, -0.2) is 28.9 Å². The molecule has 0 N–H and O–H groups in total. The molecule has 1 saturated heterocycles. The molecule has 1 aromatic rings. The second-order valence-corrected chi connectivity index (χ2v) is 6.22. The van der Waals surface area contributed by atoms with Crippen LogP contribution in [-0.2, 0) is 4.79 Å². The van der Waals surface area contributed by atoms with Crippen molar-refractivity contribution in [3.8, 4) is 0 Å². The lowest BCUT2D eigenvalue weighted by atomic mass is 9.89. The molecular formula is C15H21FN2O. The van der Waals surface area contributed by atoms with Gasteiger partial charge in [0, 0.05) is 30.1 Å². The van der Waals surface area contributed by atoms with Gasteiger partial charge < -0.3 is 4.90 Å². The lowest BCUT2D eigenvalue weighted by Crippen LogP contribution is -2.43. The molecule has 0 bridgehead atoms. The van der Waals surface area contributed by atoms with E-state index in [9.17, 15) is 9.18 Å². The number of carbonyl (C=O) groups is 1. The molecule has 0 unspecified atom stereocenters. The molecule has 19 heavy (non-hydrogen) atoms. The minimum Gasteiger partial charge on any atom is -0.342 e. The van der Waals surface area contributed by atoms with Gasteiger partial charge >= 0.3 is 0 Å². The van der Waals surface area contributed by atoms with Crippen molar-refractivity contribution < 1.29 is 9.18 Å². The Bertz CT molecular complexity index is 442. The maximum Gasteiger partial charge on any atom is 0.227 e. The molecule has 2 rings (SSSR count). The van der Waals surface area contributed by atoms with E-state index in [1.54, 1.807) is 6.07 Å². The summed E-state index contributed by atoms with van der Waals surface area (Å²) in [5.74, 6) is 0.242. The number of nitrogens with zero attached hydrogens (tertiary/aromatic N) is 2. The Balaban J connectivity index is 1.96. The van der Waals surface area contributed by atoms with Gasteiger partial charge in [-0.3, -0.25) is 9.78 Å². The van der Waals surface area contributed by atoms with Crippen molar-refractivity contribution in [2.24, 2.45) is 5.41 Å². The molecule has 104 valence electrons. The van der Waals surface area contributed by atoms with Crippen molar-refractivity contribution in [2.45, 2.75) is 39.5 Å². The lowest BCUT2D eigenvalue weighted by Gasteiger charge is -2.35. The van der Waals surface area contributed by atoms with E-state index in [0.29, 0.717) is 5.92 Å². The molecule has 1 aliphatic rings. The second-order valence-electron chi connectivity index (χ2n) is 6.22. The summed E-state index contributed by atoms with van der Waals surface area (Å²) in [4.78, 5) is 18.2. The van der Waals surface area contributed by atoms with Crippen LogP contribution < -0.4 is 0 Å². The molecule has 0 spiro atoms. The van der Waals surface area contributed by atoms with Gasteiger partial charge in [-0.05, 0) is 25.0 Å². The fourth-order valence-electron chi connectivity index (χ4n) is 2.48. The Kier molecular flexibility index (Phi) is 3.88. The summed E-state index contributed by atoms with van der Waals surface area (Å²) in [5.41, 5.74) is 0.616. The summed E-state index contributed by atoms with van der Waals surface area (Å²) in [6.45, 7) is 7.37. The summed E-state index contributed by atoms with van der Waals surface area (Å²) in [5, 5.41) is 0. The Hall–Kier alpha value is -1.45. The highest BCUT2D eigenvalue weighted by molar-refractivity contribution is 5.81. The first-order valence-electron chi connectivity index (χ1n) is 6.79. The third-order valence-electron chi connectivity index (χ3n) is 3.59. The summed E-state index contributed by atoms with van der Waals surface area (Å²) in [6, 6.07) is 3.20. The Morgan fingerprint density at radius 3 is 2.42 bits per heavy atom. The van der Waals surface area contributed by atoms with Crippen LogP contribution in [0.15, 0.2) is 18.3 Å². The van der Waals surface area contributed by atoms with Crippen LogP contribution in [0.4, 0.5) is 4.39 Å². The summed E-state index contributed by atoms with van der Waals surface area (Å²) < 4.78 is 12.8.